The van der Waals surface area contributed by atoms with Crippen LogP contribution in [0.2, 0.25) is 0 Å². The van der Waals surface area contributed by atoms with Crippen LogP contribution in [0.4, 0.5) is 11.4 Å². The van der Waals surface area contributed by atoms with Gasteiger partial charge in [-0.25, -0.2) is 0 Å². The van der Waals surface area contributed by atoms with Crippen LogP contribution in [-0.4, -0.2) is 17.2 Å². The van der Waals surface area contributed by atoms with E-state index in [-0.39, 0.29) is 0 Å². The number of thiocarbonyl (C=S) groups is 1. The Labute approximate surface area is 111 Å². The summed E-state index contributed by atoms with van der Waals surface area (Å²) < 4.78 is 5.23. The van der Waals surface area contributed by atoms with Crippen LogP contribution < -0.4 is 15.4 Å². The number of para-hydroxylation sites is 2. The zero-order valence-corrected chi connectivity index (χ0v) is 10.7. The van der Waals surface area contributed by atoms with Gasteiger partial charge in [0.15, 0.2) is 5.11 Å². The van der Waals surface area contributed by atoms with Crippen molar-refractivity contribution in [3.8, 4) is 5.75 Å². The second-order valence-corrected chi connectivity index (χ2v) is 3.93. The highest BCUT2D eigenvalue weighted by molar-refractivity contribution is 7.80. The molecule has 0 amide bonds. The van der Waals surface area contributed by atoms with Crippen LogP contribution in [0, 0.1) is 0 Å². The molecule has 1 aromatic heterocycles. The lowest BCUT2D eigenvalue weighted by Crippen LogP contribution is -2.19. The first-order valence-electron chi connectivity index (χ1n) is 5.40. The predicted octanol–water partition coefficient (Wildman–Crippen LogP) is 2.90. The van der Waals surface area contributed by atoms with Crippen molar-refractivity contribution in [3.63, 3.8) is 0 Å². The highest BCUT2D eigenvalue weighted by Crippen LogP contribution is 2.23. The normalized spacial score (nSPS) is 9.61. The van der Waals surface area contributed by atoms with Gasteiger partial charge in [-0.2, -0.15) is 0 Å². The number of nitrogens with one attached hydrogen (secondary N) is 2. The Morgan fingerprint density at radius 2 is 2.00 bits per heavy atom. The second kappa shape index (κ2) is 5.97. The molecule has 0 saturated carbocycles. The molecule has 5 heteroatoms. The molecule has 0 atom stereocenters. The van der Waals surface area contributed by atoms with Crippen LogP contribution in [0.1, 0.15) is 0 Å². The fourth-order valence-corrected chi connectivity index (χ4v) is 1.70. The van der Waals surface area contributed by atoms with Crippen LogP contribution in [-0.2, 0) is 0 Å². The number of benzene rings is 1. The van der Waals surface area contributed by atoms with Crippen molar-refractivity contribution < 1.29 is 4.74 Å². The van der Waals surface area contributed by atoms with Gasteiger partial charge < -0.3 is 15.4 Å². The van der Waals surface area contributed by atoms with Crippen molar-refractivity contribution in [2.45, 2.75) is 0 Å². The maximum atomic E-state index is 5.23. The third-order valence-electron chi connectivity index (χ3n) is 2.27. The third-order valence-corrected chi connectivity index (χ3v) is 2.48. The highest BCUT2D eigenvalue weighted by Gasteiger charge is 2.03. The smallest absolute Gasteiger partial charge is 0.175 e. The van der Waals surface area contributed by atoms with Gasteiger partial charge in [0.05, 0.1) is 24.7 Å². The second-order valence-electron chi connectivity index (χ2n) is 3.52. The van der Waals surface area contributed by atoms with Gasteiger partial charge >= 0.3 is 0 Å². The number of hydrogen-bond acceptors (Lipinski definition) is 3. The number of nitrogens with zero attached hydrogens (tertiary/aromatic N) is 1. The number of ether oxygens (including phenoxy) is 1. The molecule has 0 aliphatic heterocycles. The van der Waals surface area contributed by atoms with E-state index in [1.807, 2.05) is 36.4 Å². The molecular formula is C13H13N3OS. The minimum absolute atomic E-state index is 0.493. The first kappa shape index (κ1) is 12.3. The van der Waals surface area contributed by atoms with Gasteiger partial charge in [0, 0.05) is 6.20 Å². The minimum atomic E-state index is 0.493. The lowest BCUT2D eigenvalue weighted by molar-refractivity contribution is 0.417. The molecule has 0 aliphatic rings. The van der Waals surface area contributed by atoms with E-state index in [0.717, 1.165) is 17.1 Å². The van der Waals surface area contributed by atoms with Crippen LogP contribution in [0.5, 0.6) is 5.75 Å². The maximum Gasteiger partial charge on any atom is 0.175 e. The van der Waals surface area contributed by atoms with Crippen molar-refractivity contribution in [2.75, 3.05) is 17.7 Å². The topological polar surface area (TPSA) is 46.2 Å². The molecule has 0 aliphatic carbocycles. The molecular weight excluding hydrogens is 246 g/mol. The number of aromatic nitrogens is 1. The Kier molecular flexibility index (Phi) is 4.09. The quantitative estimate of drug-likeness (QED) is 0.830. The summed E-state index contributed by atoms with van der Waals surface area (Å²) in [4.78, 5) is 4.00. The van der Waals surface area contributed by atoms with Gasteiger partial charge in [-0.1, -0.05) is 12.1 Å². The first-order chi connectivity index (χ1) is 8.79. The zero-order chi connectivity index (χ0) is 12.8. The summed E-state index contributed by atoms with van der Waals surface area (Å²) in [6.45, 7) is 0. The molecule has 0 bridgehead atoms. The van der Waals surface area contributed by atoms with Gasteiger partial charge in [-0.05, 0) is 36.5 Å². The SMILES string of the molecule is COc1ccccc1NC(=S)Nc1cccnc1. The van der Waals surface area contributed by atoms with Gasteiger partial charge in [0.25, 0.3) is 0 Å². The van der Waals surface area contributed by atoms with Crippen molar-refractivity contribution in [1.29, 1.82) is 0 Å². The van der Waals surface area contributed by atoms with E-state index in [2.05, 4.69) is 15.6 Å². The number of anilines is 2. The highest BCUT2D eigenvalue weighted by atomic mass is 32.1. The van der Waals surface area contributed by atoms with Crippen molar-refractivity contribution in [3.05, 3.63) is 48.8 Å². The molecule has 0 saturated heterocycles. The molecule has 4 nitrogen and oxygen atoms in total. The Hall–Kier alpha value is -2.14. The summed E-state index contributed by atoms with van der Waals surface area (Å²) in [6, 6.07) is 11.3. The number of pyridine rings is 1. The fourth-order valence-electron chi connectivity index (χ4n) is 1.47. The minimum Gasteiger partial charge on any atom is -0.495 e. The van der Waals surface area contributed by atoms with Crippen LogP contribution >= 0.6 is 12.2 Å². The van der Waals surface area contributed by atoms with E-state index in [4.69, 9.17) is 17.0 Å². The monoisotopic (exact) mass is 259 g/mol. The fraction of sp³-hybridized carbons (Fsp3) is 0.0769. The van der Waals surface area contributed by atoms with E-state index in [1.54, 1.807) is 19.5 Å². The Morgan fingerprint density at radius 1 is 1.17 bits per heavy atom. The number of rotatable bonds is 3. The van der Waals surface area contributed by atoms with Gasteiger partial charge in [-0.15, -0.1) is 0 Å². The number of hydrogen-bond donors (Lipinski definition) is 2. The van der Waals surface area contributed by atoms with Gasteiger partial charge in [0.1, 0.15) is 5.75 Å². The predicted molar refractivity (Wildman–Crippen MR) is 77.1 cm³/mol. The van der Waals surface area contributed by atoms with E-state index >= 15 is 0 Å². The summed E-state index contributed by atoms with van der Waals surface area (Å²) in [5.74, 6) is 0.743. The zero-order valence-electron chi connectivity index (χ0n) is 9.88. The molecule has 1 heterocycles. The van der Waals surface area contributed by atoms with Crippen molar-refractivity contribution in [2.24, 2.45) is 0 Å². The molecule has 0 unspecified atom stereocenters. The van der Waals surface area contributed by atoms with Crippen molar-refractivity contribution in [1.82, 2.24) is 4.98 Å². The average Bonchev–Trinajstić information content (AvgIpc) is 2.40. The Balaban J connectivity index is 2.03. The van der Waals surface area contributed by atoms with Crippen LogP contribution in [0.15, 0.2) is 48.8 Å². The molecule has 18 heavy (non-hydrogen) atoms. The molecule has 0 fully saturated rings. The summed E-state index contributed by atoms with van der Waals surface area (Å²) >= 11 is 5.22. The molecule has 2 N–H and O–H groups in total. The summed E-state index contributed by atoms with van der Waals surface area (Å²) in [5, 5.41) is 6.61. The standard InChI is InChI=1S/C13H13N3OS/c1-17-12-7-3-2-6-11(12)16-13(18)15-10-5-4-8-14-9-10/h2-9H,1H3,(H2,15,16,18). The van der Waals surface area contributed by atoms with Crippen molar-refractivity contribution >= 4 is 28.7 Å². The van der Waals surface area contributed by atoms with E-state index in [9.17, 15) is 0 Å². The molecule has 2 aromatic rings. The van der Waals surface area contributed by atoms with Gasteiger partial charge in [-0.3, -0.25) is 4.98 Å². The Morgan fingerprint density at radius 3 is 2.72 bits per heavy atom. The van der Waals surface area contributed by atoms with E-state index in [0.29, 0.717) is 5.11 Å². The largest absolute Gasteiger partial charge is 0.495 e. The van der Waals surface area contributed by atoms with Crippen LogP contribution in [0.25, 0.3) is 0 Å². The molecule has 1 aromatic carbocycles. The van der Waals surface area contributed by atoms with E-state index in [1.165, 1.54) is 0 Å². The van der Waals surface area contributed by atoms with E-state index < -0.39 is 0 Å². The molecule has 0 spiro atoms. The summed E-state index contributed by atoms with van der Waals surface area (Å²) in [6.07, 6.45) is 3.41. The lowest BCUT2D eigenvalue weighted by Gasteiger charge is -2.12. The summed E-state index contributed by atoms with van der Waals surface area (Å²) in [5.41, 5.74) is 1.66. The molecule has 0 radical (unpaired) electrons. The summed E-state index contributed by atoms with van der Waals surface area (Å²) in [7, 11) is 1.62. The third kappa shape index (κ3) is 3.18. The average molecular weight is 259 g/mol. The molecule has 2 rings (SSSR count). The lowest BCUT2D eigenvalue weighted by atomic mass is 10.3. The maximum absolute atomic E-state index is 5.23. The van der Waals surface area contributed by atoms with Gasteiger partial charge in [0.2, 0.25) is 0 Å². The molecule has 92 valence electrons. The Bertz CT molecular complexity index is 531. The first-order valence-corrected chi connectivity index (χ1v) is 5.81. The van der Waals surface area contributed by atoms with Crippen LogP contribution in [0.3, 0.4) is 0 Å². The number of methoxy groups -OCH3 is 1.